The molecule has 1 saturated carbocycles. The van der Waals surface area contributed by atoms with Crippen molar-refractivity contribution in [1.82, 2.24) is 9.88 Å². The summed E-state index contributed by atoms with van der Waals surface area (Å²) in [5.41, 5.74) is 1.67. The fourth-order valence-electron chi connectivity index (χ4n) is 4.90. The van der Waals surface area contributed by atoms with Gasteiger partial charge in [0.05, 0.1) is 5.69 Å². The van der Waals surface area contributed by atoms with Crippen molar-refractivity contribution in [2.75, 3.05) is 35.3 Å². The second-order valence-corrected chi connectivity index (χ2v) is 11.2. The Bertz CT molecular complexity index is 1070. The third-order valence-corrected chi connectivity index (χ3v) is 8.85. The minimum absolute atomic E-state index is 0.0505. The molecule has 2 aliphatic heterocycles. The lowest BCUT2D eigenvalue weighted by atomic mass is 9.99. The van der Waals surface area contributed by atoms with Crippen LogP contribution in [0.5, 0.6) is 0 Å². The number of carbonyl (C=O) groups excluding carboxylic acids is 1. The Morgan fingerprint density at radius 1 is 1.29 bits per heavy atom. The number of amides is 1. The zero-order chi connectivity index (χ0) is 24.8. The van der Waals surface area contributed by atoms with Gasteiger partial charge in [-0.05, 0) is 46.9 Å². The highest BCUT2D eigenvalue weighted by atomic mass is 32.3. The van der Waals surface area contributed by atoms with Crippen molar-refractivity contribution >= 4 is 33.9 Å². The van der Waals surface area contributed by atoms with Crippen LogP contribution >= 0.6 is 11.0 Å². The summed E-state index contributed by atoms with van der Waals surface area (Å²) in [6.45, 7) is -0.0888. The highest BCUT2D eigenvalue weighted by Gasteiger charge is 2.59. The number of fused-ring (bicyclic) bond motifs is 2. The average molecular weight is 510 g/mol. The summed E-state index contributed by atoms with van der Waals surface area (Å²) in [6.07, 6.45) is -6.08. The average Bonchev–Trinajstić information content (AvgIpc) is 3.05. The van der Waals surface area contributed by atoms with E-state index in [1.54, 1.807) is 12.1 Å². The summed E-state index contributed by atoms with van der Waals surface area (Å²) in [7, 11) is -2.11. The number of hydrogen-bond acceptors (Lipinski definition) is 7. The maximum absolute atomic E-state index is 13.4. The second kappa shape index (κ2) is 7.42. The van der Waals surface area contributed by atoms with E-state index in [0.29, 0.717) is 17.8 Å². The van der Waals surface area contributed by atoms with Crippen LogP contribution in [0.1, 0.15) is 18.5 Å². The summed E-state index contributed by atoms with van der Waals surface area (Å²) < 4.78 is 88.4. The summed E-state index contributed by atoms with van der Waals surface area (Å²) in [5, 5.41) is 9.24. The molecule has 4 aliphatic rings. The molecular weight excluding hydrogens is 487 g/mol. The summed E-state index contributed by atoms with van der Waals surface area (Å²) in [4.78, 5) is 17.5. The summed E-state index contributed by atoms with van der Waals surface area (Å²) in [5.74, 6) is -5.22. The van der Waals surface area contributed by atoms with E-state index in [-0.39, 0.29) is 43.7 Å². The molecule has 14 heteroatoms. The van der Waals surface area contributed by atoms with Gasteiger partial charge in [-0.15, -0.1) is 0 Å². The number of nitrogens with zero attached hydrogens (tertiary/aromatic N) is 4. The Morgan fingerprint density at radius 3 is 2.56 bits per heavy atom. The Labute approximate surface area is 193 Å². The maximum atomic E-state index is 13.4. The normalized spacial score (nSPS) is 30.7. The van der Waals surface area contributed by atoms with Gasteiger partial charge in [-0.2, -0.15) is 13.2 Å². The first-order chi connectivity index (χ1) is 15.7. The van der Waals surface area contributed by atoms with E-state index in [4.69, 9.17) is 0 Å². The van der Waals surface area contributed by atoms with Gasteiger partial charge in [0.2, 0.25) is 6.10 Å². The van der Waals surface area contributed by atoms with Crippen LogP contribution in [0.3, 0.4) is 0 Å². The van der Waals surface area contributed by atoms with E-state index in [1.807, 2.05) is 6.08 Å². The molecule has 34 heavy (non-hydrogen) atoms. The van der Waals surface area contributed by atoms with Crippen molar-refractivity contribution in [3.63, 3.8) is 0 Å². The summed E-state index contributed by atoms with van der Waals surface area (Å²) in [6, 6.07) is 3.25. The highest BCUT2D eigenvalue weighted by Crippen LogP contribution is 2.62. The lowest BCUT2D eigenvalue weighted by molar-refractivity contribution is -0.210. The Morgan fingerprint density at radius 2 is 1.97 bits per heavy atom. The largest absolute Gasteiger partial charge is 0.423 e. The molecule has 1 aromatic rings. The number of anilines is 2. The molecule has 188 valence electrons. The molecule has 8 nitrogen and oxygen atoms in total. The molecule has 4 unspecified atom stereocenters. The van der Waals surface area contributed by atoms with Crippen LogP contribution in [-0.2, 0) is 4.79 Å². The first kappa shape index (κ1) is 23.6. The minimum Gasteiger partial charge on any atom is -0.376 e. The first-order valence-electron chi connectivity index (χ1n) is 10.6. The fraction of sp³-hybridized carbons (Fsp3) is 0.600. The van der Waals surface area contributed by atoms with Crippen molar-refractivity contribution in [3.05, 3.63) is 23.9 Å². The number of aliphatic hydroxyl groups is 1. The van der Waals surface area contributed by atoms with Crippen LogP contribution in [0.25, 0.3) is 5.57 Å². The molecule has 5 rings (SSSR count). The van der Waals surface area contributed by atoms with E-state index in [9.17, 15) is 41.0 Å². The fourth-order valence-corrected chi connectivity index (χ4v) is 6.35. The Hall–Kier alpha value is -2.16. The Balaban J connectivity index is 1.33. The number of pyridine rings is 1. The van der Waals surface area contributed by atoms with Gasteiger partial charge < -0.3 is 10.0 Å². The van der Waals surface area contributed by atoms with Crippen LogP contribution < -0.4 is 8.61 Å². The van der Waals surface area contributed by atoms with Gasteiger partial charge >= 0.3 is 6.18 Å². The first-order valence-corrected chi connectivity index (χ1v) is 12.1. The van der Waals surface area contributed by atoms with Crippen LogP contribution in [0, 0.1) is 17.8 Å². The molecule has 1 aromatic heterocycles. The van der Waals surface area contributed by atoms with Gasteiger partial charge in [-0.25, -0.2) is 22.4 Å². The SMILES string of the molecule is CN1c2nc(C3=CC4CN(C(=O)C(O)C(F)(F)F)CC4C3)ccc2N(CC2CC2(F)F)S1(O)O. The third kappa shape index (κ3) is 3.71. The van der Waals surface area contributed by atoms with Gasteiger partial charge in [-0.3, -0.25) is 13.9 Å². The van der Waals surface area contributed by atoms with E-state index >= 15 is 0 Å². The van der Waals surface area contributed by atoms with E-state index < -0.39 is 41.0 Å². The topological polar surface area (TPSA) is 100 Å². The van der Waals surface area contributed by atoms with Crippen LogP contribution in [0.15, 0.2) is 18.2 Å². The van der Waals surface area contributed by atoms with E-state index in [2.05, 4.69) is 4.98 Å². The molecule has 0 spiro atoms. The van der Waals surface area contributed by atoms with Crippen molar-refractivity contribution in [2.24, 2.45) is 17.8 Å². The van der Waals surface area contributed by atoms with Gasteiger partial charge in [0.1, 0.15) is 5.69 Å². The predicted octanol–water partition coefficient (Wildman–Crippen LogP) is 3.36. The van der Waals surface area contributed by atoms with Crippen molar-refractivity contribution in [3.8, 4) is 0 Å². The number of halogens is 5. The molecule has 3 N–H and O–H groups in total. The molecule has 2 aliphatic carbocycles. The lowest BCUT2D eigenvalue weighted by Gasteiger charge is -2.41. The number of aliphatic hydroxyl groups excluding tert-OH is 1. The molecular formula is C20H23F5N4O4S. The minimum atomic E-state index is -5.02. The van der Waals surface area contributed by atoms with Crippen LogP contribution in [-0.4, -0.2) is 74.9 Å². The van der Waals surface area contributed by atoms with E-state index in [0.717, 1.165) is 14.8 Å². The second-order valence-electron chi connectivity index (χ2n) is 9.26. The molecule has 0 aromatic carbocycles. The number of aromatic nitrogens is 1. The number of likely N-dealkylation sites (tertiary alicyclic amines) is 1. The molecule has 0 bridgehead atoms. The smallest absolute Gasteiger partial charge is 0.376 e. The van der Waals surface area contributed by atoms with E-state index in [1.165, 1.54) is 11.4 Å². The van der Waals surface area contributed by atoms with Crippen molar-refractivity contribution in [1.29, 1.82) is 0 Å². The standard InChI is InChI=1S/C20H23F5N4O4S/c1-27-17-15(29(34(27,32)33)9-13-6-19(13,21)22)3-2-14(26-17)10-4-11-7-28(8-12(11)5-10)18(31)16(30)20(23,24)25/h2-4,11-13,16,30,32-33H,5-9H2,1H3. The maximum Gasteiger partial charge on any atom is 0.423 e. The number of rotatable bonds is 4. The Kier molecular flexibility index (Phi) is 5.14. The van der Waals surface area contributed by atoms with Gasteiger partial charge in [0, 0.05) is 39.0 Å². The predicted molar refractivity (Wildman–Crippen MR) is 114 cm³/mol. The highest BCUT2D eigenvalue weighted by molar-refractivity contribution is 8.26. The number of allylic oxidation sites excluding steroid dienone is 1. The molecule has 3 heterocycles. The molecule has 1 saturated heterocycles. The van der Waals surface area contributed by atoms with Crippen LogP contribution in [0.4, 0.5) is 33.5 Å². The van der Waals surface area contributed by atoms with Crippen LogP contribution in [0.2, 0.25) is 0 Å². The quantitative estimate of drug-likeness (QED) is 0.534. The zero-order valence-corrected chi connectivity index (χ0v) is 18.7. The summed E-state index contributed by atoms with van der Waals surface area (Å²) >= 11 is 0. The molecule has 4 atom stereocenters. The third-order valence-electron chi connectivity index (χ3n) is 7.00. The zero-order valence-electron chi connectivity index (χ0n) is 17.9. The lowest BCUT2D eigenvalue weighted by Crippen LogP contribution is -2.45. The van der Waals surface area contributed by atoms with Gasteiger partial charge in [0.15, 0.2) is 5.82 Å². The van der Waals surface area contributed by atoms with Gasteiger partial charge in [-0.1, -0.05) is 6.08 Å². The number of alkyl halides is 5. The van der Waals surface area contributed by atoms with Gasteiger partial charge in [0.25, 0.3) is 11.8 Å². The molecule has 0 radical (unpaired) electrons. The monoisotopic (exact) mass is 510 g/mol. The van der Waals surface area contributed by atoms with Crippen molar-refractivity contribution < 1.29 is 41.0 Å². The van der Waals surface area contributed by atoms with Crippen molar-refractivity contribution in [2.45, 2.75) is 31.0 Å². The molecule has 2 fully saturated rings. The number of carbonyl (C=O) groups is 1. The number of hydrogen-bond donors (Lipinski definition) is 3. The molecule has 1 amide bonds.